The summed E-state index contributed by atoms with van der Waals surface area (Å²) >= 11 is 0. The van der Waals surface area contributed by atoms with Crippen LogP contribution in [0.1, 0.15) is 39.5 Å². The van der Waals surface area contributed by atoms with E-state index < -0.39 is 24.1 Å². The van der Waals surface area contributed by atoms with Crippen molar-refractivity contribution in [3.63, 3.8) is 0 Å². The van der Waals surface area contributed by atoms with Crippen LogP contribution in [0.4, 0.5) is 0 Å². The van der Waals surface area contributed by atoms with Crippen LogP contribution in [0.5, 0.6) is 0 Å². The monoisotopic (exact) mass is 257 g/mol. The van der Waals surface area contributed by atoms with E-state index in [-0.39, 0.29) is 12.5 Å². The number of carbonyl (C=O) groups is 3. The number of rotatable bonds is 6. The Morgan fingerprint density at radius 2 is 2.17 bits per heavy atom. The number of hydrogen-bond donors (Lipinski definition) is 1. The van der Waals surface area contributed by atoms with Crippen LogP contribution in [0, 0.1) is 0 Å². The minimum Gasteiger partial charge on any atom is -0.463 e. The molecule has 0 aromatic carbocycles. The van der Waals surface area contributed by atoms with Gasteiger partial charge in [-0.2, -0.15) is 0 Å². The second-order valence-electron chi connectivity index (χ2n) is 4.13. The molecule has 6 nitrogen and oxygen atoms in total. The van der Waals surface area contributed by atoms with E-state index in [2.05, 4.69) is 5.32 Å². The molecule has 2 atom stereocenters. The van der Waals surface area contributed by atoms with Crippen LogP contribution in [0.3, 0.4) is 0 Å². The van der Waals surface area contributed by atoms with E-state index in [0.29, 0.717) is 25.7 Å². The van der Waals surface area contributed by atoms with Gasteiger partial charge in [-0.25, -0.2) is 9.59 Å². The summed E-state index contributed by atoms with van der Waals surface area (Å²) in [6, 6.07) is -0.633. The van der Waals surface area contributed by atoms with Gasteiger partial charge in [-0.3, -0.25) is 4.79 Å². The Balaban J connectivity index is 2.51. The molecule has 1 aliphatic rings. The number of esters is 2. The highest BCUT2D eigenvalue weighted by atomic mass is 16.6. The van der Waals surface area contributed by atoms with E-state index in [1.807, 2.05) is 6.92 Å². The smallest absolute Gasteiger partial charge is 0.347 e. The highest BCUT2D eigenvalue weighted by Crippen LogP contribution is 2.12. The Hall–Kier alpha value is -1.59. The maximum atomic E-state index is 11.7. The summed E-state index contributed by atoms with van der Waals surface area (Å²) in [6.45, 7) is 3.83. The van der Waals surface area contributed by atoms with Crippen molar-refractivity contribution in [1.82, 2.24) is 5.32 Å². The van der Waals surface area contributed by atoms with Crippen molar-refractivity contribution < 1.29 is 23.9 Å². The van der Waals surface area contributed by atoms with Gasteiger partial charge in [0.1, 0.15) is 6.04 Å². The third-order valence-electron chi connectivity index (χ3n) is 2.64. The van der Waals surface area contributed by atoms with Gasteiger partial charge >= 0.3 is 11.9 Å². The Morgan fingerprint density at radius 1 is 1.44 bits per heavy atom. The van der Waals surface area contributed by atoms with E-state index in [4.69, 9.17) is 9.47 Å². The molecule has 6 heteroatoms. The van der Waals surface area contributed by atoms with Gasteiger partial charge < -0.3 is 14.8 Å². The normalized spacial score (nSPS) is 20.1. The second kappa shape index (κ2) is 6.98. The zero-order valence-corrected chi connectivity index (χ0v) is 10.7. The molecule has 1 amide bonds. The average Bonchev–Trinajstić information content (AvgIpc) is 2.75. The van der Waals surface area contributed by atoms with Gasteiger partial charge in [-0.1, -0.05) is 13.3 Å². The molecule has 0 saturated carbocycles. The molecule has 1 heterocycles. The molecule has 1 aliphatic heterocycles. The van der Waals surface area contributed by atoms with Gasteiger partial charge in [0.15, 0.2) is 6.10 Å². The summed E-state index contributed by atoms with van der Waals surface area (Å²) in [4.78, 5) is 34.3. The highest BCUT2D eigenvalue weighted by molar-refractivity contribution is 5.89. The van der Waals surface area contributed by atoms with E-state index >= 15 is 0 Å². The summed E-state index contributed by atoms with van der Waals surface area (Å²) in [6.07, 6.45) is 0.982. The SMILES string of the molecule is CCCC(OC(=O)[C@@H]1CCC(=O)N1)C(=O)OCC. The Bertz CT molecular complexity index is 328. The minimum atomic E-state index is -0.875. The maximum absolute atomic E-state index is 11.7. The lowest BCUT2D eigenvalue weighted by Crippen LogP contribution is -2.39. The predicted molar refractivity (Wildman–Crippen MR) is 62.6 cm³/mol. The Morgan fingerprint density at radius 3 is 2.67 bits per heavy atom. The molecule has 18 heavy (non-hydrogen) atoms. The lowest BCUT2D eigenvalue weighted by molar-refractivity contribution is -0.169. The molecule has 1 fully saturated rings. The predicted octanol–water partition coefficient (Wildman–Crippen LogP) is 0.540. The van der Waals surface area contributed by atoms with Crippen LogP contribution in [0.2, 0.25) is 0 Å². The van der Waals surface area contributed by atoms with Crippen LogP contribution in [-0.4, -0.2) is 36.6 Å². The fourth-order valence-electron chi connectivity index (χ4n) is 1.74. The van der Waals surface area contributed by atoms with Crippen molar-refractivity contribution in [1.29, 1.82) is 0 Å². The fraction of sp³-hybridized carbons (Fsp3) is 0.750. The van der Waals surface area contributed by atoms with Gasteiger partial charge in [0, 0.05) is 6.42 Å². The molecule has 1 saturated heterocycles. The van der Waals surface area contributed by atoms with Crippen molar-refractivity contribution in [3.8, 4) is 0 Å². The van der Waals surface area contributed by atoms with E-state index in [1.165, 1.54) is 0 Å². The third kappa shape index (κ3) is 4.01. The van der Waals surface area contributed by atoms with E-state index in [0.717, 1.165) is 0 Å². The molecule has 0 aromatic rings. The van der Waals surface area contributed by atoms with Crippen molar-refractivity contribution >= 4 is 17.8 Å². The van der Waals surface area contributed by atoms with Gasteiger partial charge in [-0.05, 0) is 19.8 Å². The topological polar surface area (TPSA) is 81.7 Å². The van der Waals surface area contributed by atoms with Gasteiger partial charge in [0.2, 0.25) is 5.91 Å². The largest absolute Gasteiger partial charge is 0.463 e. The second-order valence-corrected chi connectivity index (χ2v) is 4.13. The first kappa shape index (κ1) is 14.5. The number of nitrogens with one attached hydrogen (secondary N) is 1. The summed E-state index contributed by atoms with van der Waals surface area (Å²) in [5, 5.41) is 2.51. The average molecular weight is 257 g/mol. The first-order valence-corrected chi connectivity index (χ1v) is 6.25. The number of ether oxygens (including phenoxy) is 2. The van der Waals surface area contributed by atoms with Crippen molar-refractivity contribution in [3.05, 3.63) is 0 Å². The van der Waals surface area contributed by atoms with E-state index in [1.54, 1.807) is 6.92 Å². The van der Waals surface area contributed by atoms with Crippen molar-refractivity contribution in [2.24, 2.45) is 0 Å². The quantitative estimate of drug-likeness (QED) is 0.702. The summed E-state index contributed by atoms with van der Waals surface area (Å²) < 4.78 is 9.95. The van der Waals surface area contributed by atoms with Crippen LogP contribution in [-0.2, 0) is 23.9 Å². The van der Waals surface area contributed by atoms with Gasteiger partial charge in [-0.15, -0.1) is 0 Å². The van der Waals surface area contributed by atoms with Crippen LogP contribution < -0.4 is 5.32 Å². The molecule has 0 spiro atoms. The van der Waals surface area contributed by atoms with Gasteiger partial charge in [0.05, 0.1) is 6.61 Å². The molecular formula is C12H19NO5. The molecule has 1 unspecified atom stereocenters. The standard InChI is InChI=1S/C12H19NO5/c1-3-5-9(12(16)17-4-2)18-11(15)8-6-7-10(14)13-8/h8-9H,3-7H2,1-2H3,(H,13,14)/t8-,9?/m0/s1. The Kier molecular flexibility index (Phi) is 5.61. The van der Waals surface area contributed by atoms with Crippen LogP contribution >= 0.6 is 0 Å². The minimum absolute atomic E-state index is 0.167. The molecule has 0 bridgehead atoms. The van der Waals surface area contributed by atoms with E-state index in [9.17, 15) is 14.4 Å². The first-order valence-electron chi connectivity index (χ1n) is 6.25. The van der Waals surface area contributed by atoms with Gasteiger partial charge in [0.25, 0.3) is 0 Å². The molecule has 0 aliphatic carbocycles. The lowest BCUT2D eigenvalue weighted by Gasteiger charge is -2.18. The lowest BCUT2D eigenvalue weighted by atomic mass is 10.2. The third-order valence-corrected chi connectivity index (χ3v) is 2.64. The maximum Gasteiger partial charge on any atom is 0.347 e. The zero-order valence-electron chi connectivity index (χ0n) is 10.7. The first-order chi connectivity index (χ1) is 8.58. The van der Waals surface area contributed by atoms with Crippen LogP contribution in [0.15, 0.2) is 0 Å². The Labute approximate surface area is 106 Å². The van der Waals surface area contributed by atoms with Crippen molar-refractivity contribution in [2.45, 2.75) is 51.7 Å². The summed E-state index contributed by atoms with van der Waals surface area (Å²) in [7, 11) is 0. The zero-order chi connectivity index (χ0) is 13.5. The summed E-state index contributed by atoms with van der Waals surface area (Å²) in [5.41, 5.74) is 0. The molecule has 102 valence electrons. The fourth-order valence-corrected chi connectivity index (χ4v) is 1.74. The molecule has 0 radical (unpaired) electrons. The number of hydrogen-bond acceptors (Lipinski definition) is 5. The highest BCUT2D eigenvalue weighted by Gasteiger charge is 2.32. The van der Waals surface area contributed by atoms with Crippen molar-refractivity contribution in [2.75, 3.05) is 6.61 Å². The molecule has 0 aromatic heterocycles. The van der Waals surface area contributed by atoms with Crippen LogP contribution in [0.25, 0.3) is 0 Å². The summed E-state index contributed by atoms with van der Waals surface area (Å²) in [5.74, 6) is -1.26. The molecule has 1 N–H and O–H groups in total. The number of amides is 1. The molecular weight excluding hydrogens is 238 g/mol. The number of carbonyl (C=O) groups excluding carboxylic acids is 3. The molecule has 1 rings (SSSR count).